The van der Waals surface area contributed by atoms with Gasteiger partial charge in [0, 0.05) is 0 Å². The summed E-state index contributed by atoms with van der Waals surface area (Å²) in [6.07, 6.45) is 0. The van der Waals surface area contributed by atoms with E-state index in [0.29, 0.717) is 21.9 Å². The zero-order chi connectivity index (χ0) is 15.4. The minimum atomic E-state index is 0.0257. The predicted molar refractivity (Wildman–Crippen MR) is 95.0 cm³/mol. The van der Waals surface area contributed by atoms with Crippen LogP contribution < -0.4 is 5.43 Å². The van der Waals surface area contributed by atoms with Crippen molar-refractivity contribution in [3.8, 4) is 0 Å². The SMILES string of the molecule is O=c1c2cc3ccccc3cc2oc2cc3ccccc3cc12. The Bertz CT molecular complexity index is 1180. The van der Waals surface area contributed by atoms with Gasteiger partial charge in [0.25, 0.3) is 0 Å². The van der Waals surface area contributed by atoms with Crippen LogP contribution >= 0.6 is 0 Å². The van der Waals surface area contributed by atoms with Crippen molar-refractivity contribution in [3.05, 3.63) is 83.0 Å². The Morgan fingerprint density at radius 2 is 0.957 bits per heavy atom. The topological polar surface area (TPSA) is 30.2 Å². The third-order valence-corrected chi connectivity index (χ3v) is 4.40. The standard InChI is InChI=1S/C21H12O2/c22-21-17-9-13-5-1-3-7-15(13)11-19(17)23-20-12-16-8-4-2-6-14(16)10-18(20)21/h1-12H. The summed E-state index contributed by atoms with van der Waals surface area (Å²) in [5.74, 6) is 0. The second-order valence-corrected chi connectivity index (χ2v) is 5.82. The molecule has 1 aromatic heterocycles. The normalized spacial score (nSPS) is 11.7. The molecule has 5 rings (SSSR count). The Morgan fingerprint density at radius 1 is 0.565 bits per heavy atom. The molecule has 2 heteroatoms. The van der Waals surface area contributed by atoms with Gasteiger partial charge in [0.1, 0.15) is 11.2 Å². The Balaban J connectivity index is 2.01. The molecule has 1 heterocycles. The highest BCUT2D eigenvalue weighted by Gasteiger charge is 2.10. The molecule has 0 saturated heterocycles. The van der Waals surface area contributed by atoms with Crippen molar-refractivity contribution in [2.45, 2.75) is 0 Å². The van der Waals surface area contributed by atoms with Gasteiger partial charge in [-0.25, -0.2) is 0 Å². The molecular formula is C21H12O2. The lowest BCUT2D eigenvalue weighted by atomic mass is 10.0. The summed E-state index contributed by atoms with van der Waals surface area (Å²) in [7, 11) is 0. The molecule has 0 saturated carbocycles. The van der Waals surface area contributed by atoms with E-state index >= 15 is 0 Å². The first-order valence-corrected chi connectivity index (χ1v) is 7.58. The maximum absolute atomic E-state index is 12.9. The zero-order valence-corrected chi connectivity index (χ0v) is 12.2. The molecule has 23 heavy (non-hydrogen) atoms. The van der Waals surface area contributed by atoms with Crippen molar-refractivity contribution < 1.29 is 4.42 Å². The second kappa shape index (κ2) is 4.43. The predicted octanol–water partition coefficient (Wildman–Crippen LogP) is 5.25. The van der Waals surface area contributed by atoms with E-state index in [9.17, 15) is 4.79 Å². The van der Waals surface area contributed by atoms with E-state index in [-0.39, 0.29) is 5.43 Å². The highest BCUT2D eigenvalue weighted by atomic mass is 16.3. The van der Waals surface area contributed by atoms with Crippen LogP contribution in [0, 0.1) is 0 Å². The quantitative estimate of drug-likeness (QED) is 0.365. The Labute approximate surface area is 131 Å². The molecule has 0 N–H and O–H groups in total. The molecule has 0 aliphatic heterocycles. The fraction of sp³-hybridized carbons (Fsp3) is 0. The maximum Gasteiger partial charge on any atom is 0.200 e. The third-order valence-electron chi connectivity index (χ3n) is 4.40. The van der Waals surface area contributed by atoms with Crippen LogP contribution in [-0.4, -0.2) is 0 Å². The summed E-state index contributed by atoms with van der Waals surface area (Å²) in [4.78, 5) is 12.9. The van der Waals surface area contributed by atoms with Gasteiger partial charge in [-0.15, -0.1) is 0 Å². The van der Waals surface area contributed by atoms with Crippen molar-refractivity contribution in [1.82, 2.24) is 0 Å². The van der Waals surface area contributed by atoms with E-state index in [1.807, 2.05) is 72.8 Å². The van der Waals surface area contributed by atoms with Gasteiger partial charge in [0.05, 0.1) is 10.8 Å². The van der Waals surface area contributed by atoms with Crippen LogP contribution in [0.25, 0.3) is 43.5 Å². The van der Waals surface area contributed by atoms with Gasteiger partial charge in [0.2, 0.25) is 5.43 Å². The van der Waals surface area contributed by atoms with Crippen LogP contribution in [0.2, 0.25) is 0 Å². The molecule has 0 aliphatic carbocycles. The first-order chi connectivity index (χ1) is 11.3. The third kappa shape index (κ3) is 1.78. The van der Waals surface area contributed by atoms with Crippen LogP contribution in [0.4, 0.5) is 0 Å². The van der Waals surface area contributed by atoms with Crippen LogP contribution in [0.15, 0.2) is 82.0 Å². The lowest BCUT2D eigenvalue weighted by Gasteiger charge is -2.05. The van der Waals surface area contributed by atoms with E-state index < -0.39 is 0 Å². The molecule has 0 fully saturated rings. The molecule has 0 aliphatic rings. The summed E-state index contributed by atoms with van der Waals surface area (Å²) in [5, 5.41) is 5.50. The second-order valence-electron chi connectivity index (χ2n) is 5.82. The molecule has 0 unspecified atom stereocenters. The van der Waals surface area contributed by atoms with Crippen molar-refractivity contribution >= 4 is 43.5 Å². The average molecular weight is 296 g/mol. The average Bonchev–Trinajstić information content (AvgIpc) is 2.59. The minimum absolute atomic E-state index is 0.0257. The van der Waals surface area contributed by atoms with Gasteiger partial charge in [-0.3, -0.25) is 4.79 Å². The first kappa shape index (κ1) is 12.4. The smallest absolute Gasteiger partial charge is 0.200 e. The molecule has 0 bridgehead atoms. The molecule has 5 aromatic rings. The fourth-order valence-corrected chi connectivity index (χ4v) is 3.23. The van der Waals surface area contributed by atoms with E-state index in [0.717, 1.165) is 21.5 Å². The fourth-order valence-electron chi connectivity index (χ4n) is 3.23. The number of fused-ring (bicyclic) bond motifs is 4. The molecule has 0 spiro atoms. The summed E-state index contributed by atoms with van der Waals surface area (Å²) in [6.45, 7) is 0. The number of rotatable bonds is 0. The number of benzene rings is 4. The monoisotopic (exact) mass is 296 g/mol. The lowest BCUT2D eigenvalue weighted by Crippen LogP contribution is -2.02. The van der Waals surface area contributed by atoms with E-state index in [1.54, 1.807) is 0 Å². The highest BCUT2D eigenvalue weighted by Crippen LogP contribution is 2.26. The number of hydrogen-bond acceptors (Lipinski definition) is 2. The Morgan fingerprint density at radius 3 is 1.39 bits per heavy atom. The van der Waals surface area contributed by atoms with E-state index in [4.69, 9.17) is 4.42 Å². The summed E-state index contributed by atoms with van der Waals surface area (Å²) in [6, 6.07) is 23.7. The van der Waals surface area contributed by atoms with Gasteiger partial charge in [0.15, 0.2) is 0 Å². The van der Waals surface area contributed by atoms with Gasteiger partial charge >= 0.3 is 0 Å². The molecule has 0 radical (unpaired) electrons. The zero-order valence-electron chi connectivity index (χ0n) is 12.2. The Hall–Kier alpha value is -3.13. The molecule has 108 valence electrons. The molecule has 0 amide bonds. The summed E-state index contributed by atoms with van der Waals surface area (Å²) >= 11 is 0. The van der Waals surface area contributed by atoms with E-state index in [1.165, 1.54) is 0 Å². The summed E-state index contributed by atoms with van der Waals surface area (Å²) in [5.41, 5.74) is 1.30. The molecule has 2 nitrogen and oxygen atoms in total. The van der Waals surface area contributed by atoms with Gasteiger partial charge in [-0.1, -0.05) is 48.5 Å². The van der Waals surface area contributed by atoms with Crippen LogP contribution in [-0.2, 0) is 0 Å². The van der Waals surface area contributed by atoms with Gasteiger partial charge in [-0.2, -0.15) is 0 Å². The van der Waals surface area contributed by atoms with Crippen molar-refractivity contribution in [2.75, 3.05) is 0 Å². The van der Waals surface area contributed by atoms with Crippen molar-refractivity contribution in [1.29, 1.82) is 0 Å². The minimum Gasteiger partial charge on any atom is -0.456 e. The lowest BCUT2D eigenvalue weighted by molar-refractivity contribution is 0.661. The van der Waals surface area contributed by atoms with Gasteiger partial charge < -0.3 is 4.42 Å². The van der Waals surface area contributed by atoms with Crippen LogP contribution in [0.5, 0.6) is 0 Å². The maximum atomic E-state index is 12.9. The molecular weight excluding hydrogens is 284 g/mol. The largest absolute Gasteiger partial charge is 0.456 e. The molecule has 0 atom stereocenters. The number of hydrogen-bond donors (Lipinski definition) is 0. The van der Waals surface area contributed by atoms with Crippen molar-refractivity contribution in [2.24, 2.45) is 0 Å². The highest BCUT2D eigenvalue weighted by molar-refractivity contribution is 6.02. The van der Waals surface area contributed by atoms with E-state index in [2.05, 4.69) is 0 Å². The van der Waals surface area contributed by atoms with Gasteiger partial charge in [-0.05, 0) is 45.8 Å². The van der Waals surface area contributed by atoms with Crippen LogP contribution in [0.3, 0.4) is 0 Å². The molecule has 4 aromatic carbocycles. The first-order valence-electron chi connectivity index (χ1n) is 7.58. The van der Waals surface area contributed by atoms with Crippen LogP contribution in [0.1, 0.15) is 0 Å². The Kier molecular flexibility index (Phi) is 2.39. The van der Waals surface area contributed by atoms with Crippen molar-refractivity contribution in [3.63, 3.8) is 0 Å². The summed E-state index contributed by atoms with van der Waals surface area (Å²) < 4.78 is 6.04.